The van der Waals surface area contributed by atoms with E-state index in [1.165, 1.54) is 0 Å². The van der Waals surface area contributed by atoms with Crippen molar-refractivity contribution in [1.29, 1.82) is 0 Å². The molecule has 2 rings (SSSR count). The molecule has 0 saturated carbocycles. The smallest absolute Gasteiger partial charge is 0.178 e. The fourth-order valence-corrected chi connectivity index (χ4v) is 1.85. The molecule has 2 aromatic rings. The number of hydrogen-bond acceptors (Lipinski definition) is 4. The topological polar surface area (TPSA) is 50.7 Å². The van der Waals surface area contributed by atoms with Crippen molar-refractivity contribution >= 4 is 11.6 Å². The number of halogens is 1. The van der Waals surface area contributed by atoms with Crippen LogP contribution in [-0.2, 0) is 6.54 Å². The lowest BCUT2D eigenvalue weighted by molar-refractivity contribution is 0.662. The summed E-state index contributed by atoms with van der Waals surface area (Å²) in [5.41, 5.74) is 2.66. The summed E-state index contributed by atoms with van der Waals surface area (Å²) in [6, 6.07) is 5.62. The molecule has 0 radical (unpaired) electrons. The average molecular weight is 277 g/mol. The highest BCUT2D eigenvalue weighted by Crippen LogP contribution is 2.15. The molecular weight excluding hydrogens is 260 g/mol. The molecule has 0 aliphatic heterocycles. The zero-order valence-electron chi connectivity index (χ0n) is 11.2. The maximum atomic E-state index is 5.83. The molecule has 0 aliphatic rings. The quantitative estimate of drug-likeness (QED) is 0.853. The minimum atomic E-state index is 0.612. The molecule has 2 aromatic heterocycles. The van der Waals surface area contributed by atoms with Crippen LogP contribution in [-0.4, -0.2) is 21.5 Å². The Kier molecular flexibility index (Phi) is 4.82. The highest BCUT2D eigenvalue weighted by atomic mass is 35.5. The van der Waals surface area contributed by atoms with E-state index in [0.29, 0.717) is 10.8 Å². The number of nitrogens with zero attached hydrogens (tertiary/aromatic N) is 3. The highest BCUT2D eigenvalue weighted by Gasteiger charge is 2.06. The minimum absolute atomic E-state index is 0.612. The third-order valence-corrected chi connectivity index (χ3v) is 2.82. The fourth-order valence-electron chi connectivity index (χ4n) is 1.74. The van der Waals surface area contributed by atoms with Crippen LogP contribution in [0.3, 0.4) is 0 Å². The van der Waals surface area contributed by atoms with Crippen LogP contribution in [0.15, 0.2) is 24.4 Å². The summed E-state index contributed by atoms with van der Waals surface area (Å²) in [6.07, 6.45) is 2.72. The Morgan fingerprint density at radius 1 is 1.26 bits per heavy atom. The minimum Gasteiger partial charge on any atom is -0.311 e. The van der Waals surface area contributed by atoms with Crippen molar-refractivity contribution < 1.29 is 0 Å². The van der Waals surface area contributed by atoms with Gasteiger partial charge >= 0.3 is 0 Å². The van der Waals surface area contributed by atoms with Crippen LogP contribution in [0.5, 0.6) is 0 Å². The van der Waals surface area contributed by atoms with E-state index in [0.717, 1.165) is 36.6 Å². The van der Waals surface area contributed by atoms with Crippen LogP contribution < -0.4 is 5.32 Å². The Balaban J connectivity index is 2.23. The number of rotatable bonds is 5. The van der Waals surface area contributed by atoms with E-state index in [-0.39, 0.29) is 0 Å². The van der Waals surface area contributed by atoms with Crippen LogP contribution >= 0.6 is 11.6 Å². The molecule has 5 heteroatoms. The third-order valence-electron chi connectivity index (χ3n) is 2.60. The second-order valence-electron chi connectivity index (χ2n) is 4.36. The molecule has 2 heterocycles. The Morgan fingerprint density at radius 3 is 2.79 bits per heavy atom. The van der Waals surface area contributed by atoms with Crippen LogP contribution in [0, 0.1) is 6.92 Å². The van der Waals surface area contributed by atoms with Gasteiger partial charge in [0.25, 0.3) is 0 Å². The zero-order chi connectivity index (χ0) is 13.7. The summed E-state index contributed by atoms with van der Waals surface area (Å²) in [6.45, 7) is 5.83. The van der Waals surface area contributed by atoms with Gasteiger partial charge in [-0.25, -0.2) is 9.97 Å². The Bertz CT molecular complexity index is 540. The molecule has 0 atom stereocenters. The van der Waals surface area contributed by atoms with Crippen LogP contribution in [0.1, 0.15) is 24.7 Å². The van der Waals surface area contributed by atoms with Crippen LogP contribution in [0.4, 0.5) is 0 Å². The maximum Gasteiger partial charge on any atom is 0.178 e. The highest BCUT2D eigenvalue weighted by molar-refractivity contribution is 6.30. The van der Waals surface area contributed by atoms with Gasteiger partial charge in [-0.3, -0.25) is 4.98 Å². The second-order valence-corrected chi connectivity index (χ2v) is 4.80. The number of nitrogens with one attached hydrogen (secondary N) is 1. The molecular formula is C14H17ClN4. The first-order valence-corrected chi connectivity index (χ1v) is 6.74. The third kappa shape index (κ3) is 3.98. The van der Waals surface area contributed by atoms with Crippen molar-refractivity contribution in [3.63, 3.8) is 0 Å². The van der Waals surface area contributed by atoms with Gasteiger partial charge in [-0.1, -0.05) is 18.5 Å². The molecule has 0 saturated heterocycles. The van der Waals surface area contributed by atoms with E-state index in [9.17, 15) is 0 Å². The molecule has 100 valence electrons. The Labute approximate surface area is 118 Å². The van der Waals surface area contributed by atoms with Gasteiger partial charge in [0, 0.05) is 18.4 Å². The van der Waals surface area contributed by atoms with E-state index in [2.05, 4.69) is 27.2 Å². The summed E-state index contributed by atoms with van der Waals surface area (Å²) < 4.78 is 0. The first-order chi connectivity index (χ1) is 9.19. The van der Waals surface area contributed by atoms with Crippen molar-refractivity contribution in [3.05, 3.63) is 40.8 Å². The van der Waals surface area contributed by atoms with Gasteiger partial charge < -0.3 is 5.32 Å². The number of aromatic nitrogens is 3. The molecule has 0 fully saturated rings. The van der Waals surface area contributed by atoms with E-state index in [1.807, 2.05) is 19.1 Å². The van der Waals surface area contributed by atoms with E-state index < -0.39 is 0 Å². The average Bonchev–Trinajstić information content (AvgIpc) is 2.39. The van der Waals surface area contributed by atoms with Crippen molar-refractivity contribution in [2.75, 3.05) is 6.54 Å². The lowest BCUT2D eigenvalue weighted by Gasteiger charge is -2.06. The van der Waals surface area contributed by atoms with Gasteiger partial charge in [-0.05, 0) is 38.1 Å². The fraction of sp³-hybridized carbons (Fsp3) is 0.357. The van der Waals surface area contributed by atoms with E-state index in [1.54, 1.807) is 12.3 Å². The van der Waals surface area contributed by atoms with Crippen molar-refractivity contribution in [3.8, 4) is 11.5 Å². The number of pyridine rings is 1. The standard InChI is InChI=1S/C14H17ClN4/c1-3-6-16-9-12-7-10(2)18-14(19-12)13-5-4-11(15)8-17-13/h4-5,7-8,16H,3,6,9H2,1-2H3. The van der Waals surface area contributed by atoms with E-state index >= 15 is 0 Å². The van der Waals surface area contributed by atoms with Crippen molar-refractivity contribution in [2.24, 2.45) is 0 Å². The van der Waals surface area contributed by atoms with Gasteiger partial charge in [0.15, 0.2) is 5.82 Å². The van der Waals surface area contributed by atoms with Gasteiger partial charge in [-0.15, -0.1) is 0 Å². The van der Waals surface area contributed by atoms with Crippen LogP contribution in [0.2, 0.25) is 5.02 Å². The lowest BCUT2D eigenvalue weighted by atomic mass is 10.3. The second kappa shape index (κ2) is 6.59. The Hall–Kier alpha value is -1.52. The molecule has 4 nitrogen and oxygen atoms in total. The van der Waals surface area contributed by atoms with Crippen molar-refractivity contribution in [2.45, 2.75) is 26.8 Å². The molecule has 0 aliphatic carbocycles. The summed E-state index contributed by atoms with van der Waals surface area (Å²) in [5.74, 6) is 0.643. The molecule has 19 heavy (non-hydrogen) atoms. The predicted molar refractivity (Wildman–Crippen MR) is 77.0 cm³/mol. The molecule has 0 unspecified atom stereocenters. The zero-order valence-corrected chi connectivity index (χ0v) is 11.9. The maximum absolute atomic E-state index is 5.83. The number of hydrogen-bond donors (Lipinski definition) is 1. The molecule has 1 N–H and O–H groups in total. The van der Waals surface area contributed by atoms with E-state index in [4.69, 9.17) is 11.6 Å². The first-order valence-electron chi connectivity index (χ1n) is 6.36. The predicted octanol–water partition coefficient (Wildman–Crippen LogP) is 3.00. The SMILES string of the molecule is CCCNCc1cc(C)nc(-c2ccc(Cl)cn2)n1. The monoisotopic (exact) mass is 276 g/mol. The number of aryl methyl sites for hydroxylation is 1. The summed E-state index contributed by atoms with van der Waals surface area (Å²) in [4.78, 5) is 13.2. The molecule has 0 bridgehead atoms. The molecule has 0 amide bonds. The van der Waals surface area contributed by atoms with Gasteiger partial charge in [0.1, 0.15) is 5.69 Å². The van der Waals surface area contributed by atoms with Gasteiger partial charge in [0.05, 0.1) is 10.7 Å². The normalized spacial score (nSPS) is 10.7. The summed E-state index contributed by atoms with van der Waals surface area (Å²) in [5, 5.41) is 3.95. The van der Waals surface area contributed by atoms with Gasteiger partial charge in [-0.2, -0.15) is 0 Å². The molecule has 0 spiro atoms. The molecule has 0 aromatic carbocycles. The summed E-state index contributed by atoms with van der Waals surface area (Å²) in [7, 11) is 0. The Morgan fingerprint density at radius 2 is 2.11 bits per heavy atom. The first kappa shape index (κ1) is 13.9. The largest absolute Gasteiger partial charge is 0.311 e. The van der Waals surface area contributed by atoms with Crippen LogP contribution in [0.25, 0.3) is 11.5 Å². The lowest BCUT2D eigenvalue weighted by Crippen LogP contribution is -2.15. The summed E-state index contributed by atoms with van der Waals surface area (Å²) >= 11 is 5.83. The van der Waals surface area contributed by atoms with Gasteiger partial charge in [0.2, 0.25) is 0 Å². The van der Waals surface area contributed by atoms with Crippen molar-refractivity contribution in [1.82, 2.24) is 20.3 Å².